The molecule has 0 amide bonds. The number of halogens is 2. The summed E-state index contributed by atoms with van der Waals surface area (Å²) in [6.45, 7) is 0. The zero-order valence-electron chi connectivity index (χ0n) is 8.89. The van der Waals surface area contributed by atoms with Gasteiger partial charge in [-0.3, -0.25) is 4.79 Å². The molecule has 0 aliphatic heterocycles. The minimum Gasteiger partial charge on any atom is -0.294 e. The summed E-state index contributed by atoms with van der Waals surface area (Å²) in [5.74, 6) is 0.113. The molecule has 0 saturated carbocycles. The highest BCUT2D eigenvalue weighted by Crippen LogP contribution is 2.25. The number of carbonyl (C=O) groups is 1. The Labute approximate surface area is 107 Å². The van der Waals surface area contributed by atoms with Crippen molar-refractivity contribution in [2.45, 2.75) is 6.42 Å². The summed E-state index contributed by atoms with van der Waals surface area (Å²) in [4.78, 5) is 13.3. The van der Waals surface area contributed by atoms with Gasteiger partial charge in [-0.05, 0) is 17.3 Å². The van der Waals surface area contributed by atoms with Crippen molar-refractivity contribution in [3.8, 4) is 0 Å². The number of hydrogen-bond donors (Lipinski definition) is 0. The number of aryl methyl sites for hydroxylation is 1. The number of Topliss-reactive ketones (excluding diaryl/α,β-unsaturated/α-hetero) is 1. The zero-order chi connectivity index (χ0) is 12.4. The average Bonchev–Trinajstić information content (AvgIpc) is 2.63. The summed E-state index contributed by atoms with van der Waals surface area (Å²) in [5, 5.41) is 12.0. The summed E-state index contributed by atoms with van der Waals surface area (Å²) >= 11 is 11.9. The Morgan fingerprint density at radius 2 is 2.00 bits per heavy atom. The first-order chi connectivity index (χ1) is 8.08. The van der Waals surface area contributed by atoms with Crippen molar-refractivity contribution in [1.29, 1.82) is 0 Å². The predicted molar refractivity (Wildman–Crippen MR) is 63.3 cm³/mol. The molecule has 0 aliphatic rings. The van der Waals surface area contributed by atoms with Crippen LogP contribution in [0, 0.1) is 0 Å². The van der Waals surface area contributed by atoms with E-state index >= 15 is 0 Å². The monoisotopic (exact) mass is 270 g/mol. The molecular formula is C10H8Cl2N4O. The van der Waals surface area contributed by atoms with Crippen molar-refractivity contribution in [2.24, 2.45) is 7.05 Å². The van der Waals surface area contributed by atoms with Crippen molar-refractivity contribution < 1.29 is 4.79 Å². The molecule has 5 nitrogen and oxygen atoms in total. The molecule has 0 fully saturated rings. The number of nitrogens with zero attached hydrogens (tertiary/aromatic N) is 4. The van der Waals surface area contributed by atoms with E-state index in [-0.39, 0.29) is 12.2 Å². The molecule has 1 heterocycles. The second-order valence-corrected chi connectivity index (χ2v) is 4.21. The highest BCUT2D eigenvalue weighted by molar-refractivity contribution is 6.39. The Hall–Kier alpha value is -1.46. The van der Waals surface area contributed by atoms with E-state index < -0.39 is 0 Å². The fourth-order valence-corrected chi connectivity index (χ4v) is 2.00. The second-order valence-electron chi connectivity index (χ2n) is 3.39. The van der Waals surface area contributed by atoms with E-state index in [9.17, 15) is 4.79 Å². The number of ketones is 1. The molecule has 2 rings (SSSR count). The average molecular weight is 271 g/mol. The lowest BCUT2D eigenvalue weighted by Gasteiger charge is -2.03. The van der Waals surface area contributed by atoms with Gasteiger partial charge in [-0.15, -0.1) is 10.2 Å². The highest BCUT2D eigenvalue weighted by atomic mass is 35.5. The first kappa shape index (κ1) is 12.0. The van der Waals surface area contributed by atoms with Crippen LogP contribution in [0.4, 0.5) is 0 Å². The van der Waals surface area contributed by atoms with Crippen LogP contribution in [0.25, 0.3) is 0 Å². The second kappa shape index (κ2) is 4.81. The van der Waals surface area contributed by atoms with E-state index in [4.69, 9.17) is 23.2 Å². The Bertz CT molecular complexity index is 547. The fraction of sp³-hybridized carbons (Fsp3) is 0.200. The van der Waals surface area contributed by atoms with E-state index in [1.54, 1.807) is 25.2 Å². The van der Waals surface area contributed by atoms with Crippen LogP contribution in [-0.4, -0.2) is 26.0 Å². The largest absolute Gasteiger partial charge is 0.294 e. The van der Waals surface area contributed by atoms with E-state index in [0.717, 1.165) is 0 Å². The molecule has 0 saturated heterocycles. The smallest absolute Gasteiger partial charge is 0.182 e. The standard InChI is InChI=1S/C10H8Cl2N4O/c1-16-14-9(13-15-16)5-8(17)10-6(11)3-2-4-7(10)12/h2-4H,5H2,1H3. The maximum atomic E-state index is 12.0. The molecule has 7 heteroatoms. The first-order valence-electron chi connectivity index (χ1n) is 4.78. The van der Waals surface area contributed by atoms with E-state index in [1.165, 1.54) is 4.80 Å². The van der Waals surface area contributed by atoms with Crippen LogP contribution in [0.2, 0.25) is 10.0 Å². The number of carbonyl (C=O) groups excluding carboxylic acids is 1. The molecule has 0 bridgehead atoms. The van der Waals surface area contributed by atoms with Crippen molar-refractivity contribution in [2.75, 3.05) is 0 Å². The van der Waals surface area contributed by atoms with E-state index in [1.807, 2.05) is 0 Å². The minimum atomic E-state index is -0.228. The molecule has 0 aliphatic carbocycles. The molecule has 0 radical (unpaired) electrons. The molecule has 2 aromatic rings. The van der Waals surface area contributed by atoms with Gasteiger partial charge in [0.05, 0.1) is 29.1 Å². The lowest BCUT2D eigenvalue weighted by atomic mass is 10.1. The van der Waals surface area contributed by atoms with Crippen LogP contribution in [0.3, 0.4) is 0 Å². The Morgan fingerprint density at radius 1 is 1.35 bits per heavy atom. The van der Waals surface area contributed by atoms with Gasteiger partial charge in [0.2, 0.25) is 0 Å². The topological polar surface area (TPSA) is 60.7 Å². The number of tetrazole rings is 1. The predicted octanol–water partition coefficient (Wildman–Crippen LogP) is 1.94. The number of benzene rings is 1. The first-order valence-corrected chi connectivity index (χ1v) is 5.53. The molecule has 1 aromatic carbocycles. The molecule has 88 valence electrons. The maximum Gasteiger partial charge on any atom is 0.182 e. The van der Waals surface area contributed by atoms with Gasteiger partial charge in [0.1, 0.15) is 0 Å². The number of rotatable bonds is 3. The Balaban J connectivity index is 2.26. The normalized spacial score (nSPS) is 10.5. The zero-order valence-corrected chi connectivity index (χ0v) is 10.4. The van der Waals surface area contributed by atoms with Crippen LogP contribution < -0.4 is 0 Å². The van der Waals surface area contributed by atoms with Crippen molar-refractivity contribution >= 4 is 29.0 Å². The number of aromatic nitrogens is 4. The van der Waals surface area contributed by atoms with Gasteiger partial charge in [-0.2, -0.15) is 4.80 Å². The third-order valence-corrected chi connectivity index (χ3v) is 2.74. The van der Waals surface area contributed by atoms with Crippen LogP contribution >= 0.6 is 23.2 Å². The summed E-state index contributed by atoms with van der Waals surface area (Å²) in [6, 6.07) is 4.91. The van der Waals surface area contributed by atoms with Gasteiger partial charge >= 0.3 is 0 Å². The quantitative estimate of drug-likeness (QED) is 0.800. The Morgan fingerprint density at radius 3 is 2.53 bits per heavy atom. The summed E-state index contributed by atoms with van der Waals surface area (Å²) < 4.78 is 0. The minimum absolute atomic E-state index is 0.0251. The molecule has 0 unspecified atom stereocenters. The third kappa shape index (κ3) is 2.62. The van der Waals surface area contributed by atoms with Gasteiger partial charge in [0, 0.05) is 0 Å². The van der Waals surface area contributed by atoms with Crippen molar-refractivity contribution in [3.63, 3.8) is 0 Å². The summed E-state index contributed by atoms with van der Waals surface area (Å²) in [5.41, 5.74) is 0.295. The van der Waals surface area contributed by atoms with E-state index in [2.05, 4.69) is 15.4 Å². The molecule has 17 heavy (non-hydrogen) atoms. The molecule has 0 N–H and O–H groups in total. The SMILES string of the molecule is Cn1nnc(CC(=O)c2c(Cl)cccc2Cl)n1. The number of hydrogen-bond acceptors (Lipinski definition) is 4. The maximum absolute atomic E-state index is 12.0. The lowest BCUT2D eigenvalue weighted by molar-refractivity contribution is 0.0991. The van der Waals surface area contributed by atoms with Gasteiger partial charge in [0.25, 0.3) is 0 Å². The highest BCUT2D eigenvalue weighted by Gasteiger charge is 2.16. The molecule has 0 spiro atoms. The summed E-state index contributed by atoms with van der Waals surface area (Å²) in [6.07, 6.45) is 0.0251. The van der Waals surface area contributed by atoms with Crippen LogP contribution in [0.5, 0.6) is 0 Å². The van der Waals surface area contributed by atoms with Crippen LogP contribution in [-0.2, 0) is 13.5 Å². The molecule has 1 aromatic heterocycles. The van der Waals surface area contributed by atoms with Crippen molar-refractivity contribution in [3.05, 3.63) is 39.6 Å². The van der Waals surface area contributed by atoms with Gasteiger partial charge < -0.3 is 0 Å². The lowest BCUT2D eigenvalue weighted by Crippen LogP contribution is -2.07. The van der Waals surface area contributed by atoms with Crippen LogP contribution in [0.15, 0.2) is 18.2 Å². The van der Waals surface area contributed by atoms with Crippen LogP contribution in [0.1, 0.15) is 16.2 Å². The summed E-state index contributed by atoms with van der Waals surface area (Å²) in [7, 11) is 1.63. The van der Waals surface area contributed by atoms with Gasteiger partial charge in [0.15, 0.2) is 11.6 Å². The van der Waals surface area contributed by atoms with E-state index in [0.29, 0.717) is 21.4 Å². The third-order valence-electron chi connectivity index (χ3n) is 2.11. The Kier molecular flexibility index (Phi) is 3.40. The molecular weight excluding hydrogens is 263 g/mol. The van der Waals surface area contributed by atoms with Gasteiger partial charge in [-0.25, -0.2) is 0 Å². The molecule has 0 atom stereocenters. The van der Waals surface area contributed by atoms with Gasteiger partial charge in [-0.1, -0.05) is 29.3 Å². The van der Waals surface area contributed by atoms with Crippen molar-refractivity contribution in [1.82, 2.24) is 20.2 Å². The fourth-order valence-electron chi connectivity index (χ4n) is 1.39.